The molecule has 3 N–H and O–H groups in total. The molecule has 3 rings (SSSR count). The quantitative estimate of drug-likeness (QED) is 0.707. The average molecular weight is 256 g/mol. The minimum atomic E-state index is 0.751. The number of hydrogen-bond acceptors (Lipinski definition) is 5. The van der Waals surface area contributed by atoms with Crippen molar-refractivity contribution in [3.63, 3.8) is 0 Å². The predicted octanol–water partition coefficient (Wildman–Crippen LogP) is 2.89. The number of rotatable bonds is 3. The van der Waals surface area contributed by atoms with Gasteiger partial charge in [0.15, 0.2) is 0 Å². The van der Waals surface area contributed by atoms with E-state index in [2.05, 4.69) is 15.3 Å². The van der Waals surface area contributed by atoms with Crippen LogP contribution in [0.1, 0.15) is 4.88 Å². The van der Waals surface area contributed by atoms with Gasteiger partial charge in [0.2, 0.25) is 0 Å². The number of nitrogens with one attached hydrogen (secondary N) is 1. The van der Waals surface area contributed by atoms with E-state index in [4.69, 9.17) is 5.73 Å². The molecular formula is C13H12N4S. The van der Waals surface area contributed by atoms with Crippen LogP contribution < -0.4 is 11.1 Å². The topological polar surface area (TPSA) is 63.8 Å². The van der Waals surface area contributed by atoms with Crippen LogP contribution in [0.25, 0.3) is 10.8 Å². The fourth-order valence-corrected chi connectivity index (χ4v) is 2.41. The van der Waals surface area contributed by atoms with E-state index in [1.165, 1.54) is 4.88 Å². The van der Waals surface area contributed by atoms with Crippen LogP contribution in [0.5, 0.6) is 0 Å². The number of hydrogen-bond donors (Lipinski definition) is 2. The lowest BCUT2D eigenvalue weighted by Gasteiger charge is -2.10. The van der Waals surface area contributed by atoms with Crippen LogP contribution in [0, 0.1) is 0 Å². The minimum absolute atomic E-state index is 0.751. The molecule has 0 saturated carbocycles. The minimum Gasteiger partial charge on any atom is -0.398 e. The first-order chi connectivity index (χ1) is 8.84. The second-order valence-corrected chi connectivity index (χ2v) is 4.92. The Balaban J connectivity index is 1.94. The highest BCUT2D eigenvalue weighted by Gasteiger charge is 2.04. The van der Waals surface area contributed by atoms with Gasteiger partial charge in [0.1, 0.15) is 0 Å². The van der Waals surface area contributed by atoms with Crippen molar-refractivity contribution < 1.29 is 0 Å². The molecular weight excluding hydrogens is 244 g/mol. The Hall–Kier alpha value is -2.14. The number of nitrogens with two attached hydrogens (primary N) is 1. The zero-order chi connectivity index (χ0) is 12.4. The molecule has 0 aliphatic heterocycles. The van der Waals surface area contributed by atoms with Gasteiger partial charge in [0.05, 0.1) is 12.1 Å². The lowest BCUT2D eigenvalue weighted by atomic mass is 10.1. The van der Waals surface area contributed by atoms with E-state index in [9.17, 15) is 0 Å². The largest absolute Gasteiger partial charge is 0.398 e. The molecule has 3 aromatic rings. The number of thiazole rings is 1. The van der Waals surface area contributed by atoms with Crippen LogP contribution in [0.4, 0.5) is 11.4 Å². The third kappa shape index (κ3) is 2.00. The average Bonchev–Trinajstić information content (AvgIpc) is 2.92. The van der Waals surface area contributed by atoms with Gasteiger partial charge in [-0.15, -0.1) is 11.3 Å². The maximum Gasteiger partial charge on any atom is 0.0794 e. The summed E-state index contributed by atoms with van der Waals surface area (Å²) in [6, 6.07) is 5.87. The molecule has 0 saturated heterocycles. The van der Waals surface area contributed by atoms with Crippen molar-refractivity contribution in [1.29, 1.82) is 0 Å². The lowest BCUT2D eigenvalue weighted by Crippen LogP contribution is -1.99. The van der Waals surface area contributed by atoms with E-state index in [1.807, 2.05) is 29.9 Å². The van der Waals surface area contributed by atoms with Gasteiger partial charge in [-0.25, -0.2) is 0 Å². The molecule has 0 radical (unpaired) electrons. The van der Waals surface area contributed by atoms with Gasteiger partial charge in [-0.1, -0.05) is 0 Å². The zero-order valence-corrected chi connectivity index (χ0v) is 10.4. The number of aromatic nitrogens is 2. The van der Waals surface area contributed by atoms with Crippen LogP contribution >= 0.6 is 11.3 Å². The third-order valence-electron chi connectivity index (χ3n) is 2.79. The van der Waals surface area contributed by atoms with Gasteiger partial charge in [0.25, 0.3) is 0 Å². The van der Waals surface area contributed by atoms with Gasteiger partial charge < -0.3 is 11.1 Å². The number of pyridine rings is 1. The summed E-state index contributed by atoms with van der Waals surface area (Å²) in [6.45, 7) is 0.770. The van der Waals surface area contributed by atoms with Gasteiger partial charge in [-0.2, -0.15) is 0 Å². The molecule has 1 aromatic carbocycles. The maximum atomic E-state index is 5.94. The fraction of sp³-hybridized carbons (Fsp3) is 0.0769. The Bertz CT molecular complexity index is 664. The monoisotopic (exact) mass is 256 g/mol. The van der Waals surface area contributed by atoms with Crippen molar-refractivity contribution in [3.05, 3.63) is 47.2 Å². The molecule has 5 heteroatoms. The zero-order valence-electron chi connectivity index (χ0n) is 9.63. The molecule has 90 valence electrons. The number of nitrogen functional groups attached to an aromatic ring is 1. The second kappa shape index (κ2) is 4.62. The molecule has 0 bridgehead atoms. The molecule has 0 spiro atoms. The Morgan fingerprint density at radius 3 is 2.89 bits per heavy atom. The molecule has 18 heavy (non-hydrogen) atoms. The molecule has 0 atom stereocenters. The predicted molar refractivity (Wildman–Crippen MR) is 75.6 cm³/mol. The molecule has 0 unspecified atom stereocenters. The van der Waals surface area contributed by atoms with Crippen LogP contribution in [0.2, 0.25) is 0 Å². The van der Waals surface area contributed by atoms with E-state index >= 15 is 0 Å². The molecule has 0 aliphatic carbocycles. The van der Waals surface area contributed by atoms with Crippen molar-refractivity contribution in [1.82, 2.24) is 9.97 Å². The van der Waals surface area contributed by atoms with Gasteiger partial charge in [-0.3, -0.25) is 9.97 Å². The highest BCUT2D eigenvalue weighted by Crippen LogP contribution is 2.27. The maximum absolute atomic E-state index is 5.94. The molecule has 2 heterocycles. The van der Waals surface area contributed by atoms with Crippen molar-refractivity contribution in [2.75, 3.05) is 11.1 Å². The first kappa shape index (κ1) is 11.0. The summed E-state index contributed by atoms with van der Waals surface area (Å²) in [5, 5.41) is 5.48. The normalized spacial score (nSPS) is 10.7. The van der Waals surface area contributed by atoms with E-state index < -0.39 is 0 Å². The van der Waals surface area contributed by atoms with Crippen molar-refractivity contribution in [2.45, 2.75) is 6.54 Å². The van der Waals surface area contributed by atoms with Crippen LogP contribution in [-0.4, -0.2) is 9.97 Å². The Labute approximate surface area is 109 Å². The van der Waals surface area contributed by atoms with E-state index in [1.54, 1.807) is 23.7 Å². The Morgan fingerprint density at radius 2 is 2.06 bits per heavy atom. The highest BCUT2D eigenvalue weighted by atomic mass is 32.1. The molecule has 2 aromatic heterocycles. The molecule has 0 amide bonds. The second-order valence-electron chi connectivity index (χ2n) is 3.94. The summed E-state index contributed by atoms with van der Waals surface area (Å²) >= 11 is 1.64. The Kier molecular flexibility index (Phi) is 2.82. The van der Waals surface area contributed by atoms with Gasteiger partial charge in [-0.05, 0) is 18.2 Å². The lowest BCUT2D eigenvalue weighted by molar-refractivity contribution is 1.18. The summed E-state index contributed by atoms with van der Waals surface area (Å²) in [5.41, 5.74) is 9.59. The number of fused-ring (bicyclic) bond motifs is 1. The fourth-order valence-electron chi connectivity index (χ4n) is 1.88. The molecule has 0 aliphatic rings. The highest BCUT2D eigenvalue weighted by molar-refractivity contribution is 7.09. The SMILES string of the molecule is Nc1ccc(NCc2cncs2)c2ccncc12. The van der Waals surface area contributed by atoms with Crippen molar-refractivity contribution >= 4 is 33.5 Å². The first-order valence-corrected chi connectivity index (χ1v) is 6.46. The number of benzene rings is 1. The summed E-state index contributed by atoms with van der Waals surface area (Å²) in [5.74, 6) is 0. The molecule has 0 fully saturated rings. The van der Waals surface area contributed by atoms with E-state index in [0.29, 0.717) is 0 Å². The first-order valence-electron chi connectivity index (χ1n) is 5.58. The van der Waals surface area contributed by atoms with E-state index in [0.717, 1.165) is 28.7 Å². The van der Waals surface area contributed by atoms with Crippen LogP contribution in [-0.2, 0) is 6.54 Å². The van der Waals surface area contributed by atoms with Gasteiger partial charge in [0, 0.05) is 45.6 Å². The third-order valence-corrected chi connectivity index (χ3v) is 3.57. The summed E-state index contributed by atoms with van der Waals surface area (Å²) in [7, 11) is 0. The molecule has 4 nitrogen and oxygen atoms in total. The summed E-state index contributed by atoms with van der Waals surface area (Å²) < 4.78 is 0. The summed E-state index contributed by atoms with van der Waals surface area (Å²) in [6.07, 6.45) is 5.45. The summed E-state index contributed by atoms with van der Waals surface area (Å²) in [4.78, 5) is 9.37. The smallest absolute Gasteiger partial charge is 0.0794 e. The van der Waals surface area contributed by atoms with Crippen molar-refractivity contribution in [3.8, 4) is 0 Å². The number of anilines is 2. The van der Waals surface area contributed by atoms with Crippen LogP contribution in [0.3, 0.4) is 0 Å². The van der Waals surface area contributed by atoms with Crippen LogP contribution in [0.15, 0.2) is 42.3 Å². The number of nitrogens with zero attached hydrogens (tertiary/aromatic N) is 2. The Morgan fingerprint density at radius 1 is 1.11 bits per heavy atom. The van der Waals surface area contributed by atoms with Crippen molar-refractivity contribution in [2.24, 2.45) is 0 Å². The van der Waals surface area contributed by atoms with E-state index in [-0.39, 0.29) is 0 Å². The van der Waals surface area contributed by atoms with Gasteiger partial charge >= 0.3 is 0 Å². The standard InChI is InChI=1S/C13H12N4S/c14-12-1-2-13(10-3-4-15-7-11(10)12)17-6-9-5-16-8-18-9/h1-5,7-8,17H,6,14H2.